The quantitative estimate of drug-likeness (QED) is 0.521. The maximum absolute atomic E-state index is 13.3. The zero-order valence-electron chi connectivity index (χ0n) is 21.6. The number of carbonyl (C=O) groups excluding carboxylic acids is 1. The smallest absolute Gasteiger partial charge is 0.320 e. The zero-order valence-corrected chi connectivity index (χ0v) is 21.6. The molecule has 0 spiro atoms. The first kappa shape index (κ1) is 24.3. The maximum atomic E-state index is 13.3. The zero-order chi connectivity index (χ0) is 25.6. The van der Waals surface area contributed by atoms with Crippen molar-refractivity contribution in [1.82, 2.24) is 24.8 Å². The van der Waals surface area contributed by atoms with Gasteiger partial charge in [0.25, 0.3) is 0 Å². The first-order valence-corrected chi connectivity index (χ1v) is 12.9. The van der Waals surface area contributed by atoms with Crippen molar-refractivity contribution in [3.63, 3.8) is 0 Å². The van der Waals surface area contributed by atoms with Crippen LogP contribution in [0.15, 0.2) is 30.3 Å². The minimum Gasteiger partial charge on any atom is -0.481 e. The fraction of sp³-hybridized carbons (Fsp3) is 0.500. The Labute approximate surface area is 211 Å². The van der Waals surface area contributed by atoms with Crippen molar-refractivity contribution in [3.05, 3.63) is 58.1 Å². The standard InChI is InChI=1S/C28H35N5O3/c1-5-6-12-31(3)28(36)33-13-11-20-14-18-7-8-19(15-23(18)27(20)33)22(16-25(34)35)21-9-10-24-26(17(21)2)29-30-32(24)4/h7-10,15,20,22,27H,5-6,11-14,16H2,1-4H3,(H,34,35). The summed E-state index contributed by atoms with van der Waals surface area (Å²) in [6, 6.07) is 10.5. The summed E-state index contributed by atoms with van der Waals surface area (Å²) in [7, 11) is 3.75. The maximum Gasteiger partial charge on any atom is 0.320 e. The summed E-state index contributed by atoms with van der Waals surface area (Å²) in [5, 5.41) is 18.3. The molecule has 1 fully saturated rings. The van der Waals surface area contributed by atoms with E-state index in [-0.39, 0.29) is 24.4 Å². The van der Waals surface area contributed by atoms with Crippen LogP contribution in [0.25, 0.3) is 11.0 Å². The molecule has 2 aromatic carbocycles. The first-order valence-electron chi connectivity index (χ1n) is 12.9. The number of likely N-dealkylation sites (tertiary alicyclic amines) is 1. The number of aromatic nitrogens is 3. The Morgan fingerprint density at radius 2 is 2.06 bits per heavy atom. The van der Waals surface area contributed by atoms with Gasteiger partial charge in [0.15, 0.2) is 0 Å². The Morgan fingerprint density at radius 1 is 1.25 bits per heavy atom. The van der Waals surface area contributed by atoms with E-state index < -0.39 is 5.97 Å². The molecule has 8 heteroatoms. The van der Waals surface area contributed by atoms with Crippen molar-refractivity contribution in [3.8, 4) is 0 Å². The summed E-state index contributed by atoms with van der Waals surface area (Å²) in [5.74, 6) is -0.724. The van der Waals surface area contributed by atoms with Gasteiger partial charge in [0.2, 0.25) is 0 Å². The van der Waals surface area contributed by atoms with E-state index in [1.54, 1.807) is 4.68 Å². The Kier molecular flexibility index (Phi) is 6.45. The number of carbonyl (C=O) groups is 2. The highest BCUT2D eigenvalue weighted by Crippen LogP contribution is 2.48. The lowest BCUT2D eigenvalue weighted by Crippen LogP contribution is -2.41. The van der Waals surface area contributed by atoms with E-state index in [1.807, 2.05) is 43.0 Å². The highest BCUT2D eigenvalue weighted by atomic mass is 16.4. The molecular weight excluding hydrogens is 454 g/mol. The third-order valence-electron chi connectivity index (χ3n) is 8.15. The van der Waals surface area contributed by atoms with E-state index in [0.717, 1.165) is 66.5 Å². The number of urea groups is 1. The molecule has 8 nitrogen and oxygen atoms in total. The monoisotopic (exact) mass is 489 g/mol. The number of carboxylic acids is 1. The topological polar surface area (TPSA) is 91.6 Å². The van der Waals surface area contributed by atoms with Crippen molar-refractivity contribution in [2.45, 2.75) is 57.9 Å². The fourth-order valence-corrected chi connectivity index (χ4v) is 6.20. The van der Waals surface area contributed by atoms with Gasteiger partial charge in [-0.3, -0.25) is 4.79 Å². The van der Waals surface area contributed by atoms with Crippen LogP contribution in [0.5, 0.6) is 0 Å². The predicted molar refractivity (Wildman–Crippen MR) is 138 cm³/mol. The lowest BCUT2D eigenvalue weighted by atomic mass is 9.84. The number of hydrogen-bond acceptors (Lipinski definition) is 4. The van der Waals surface area contributed by atoms with E-state index in [1.165, 1.54) is 11.1 Å². The molecule has 2 heterocycles. The normalized spacial score (nSPS) is 19.4. The minimum atomic E-state index is -0.841. The van der Waals surface area contributed by atoms with Crippen LogP contribution in [0.1, 0.15) is 72.4 Å². The predicted octanol–water partition coefficient (Wildman–Crippen LogP) is 4.65. The molecule has 1 aliphatic heterocycles. The van der Waals surface area contributed by atoms with Crippen molar-refractivity contribution >= 4 is 23.0 Å². The van der Waals surface area contributed by atoms with Gasteiger partial charge in [-0.05, 0) is 66.0 Å². The Balaban J connectivity index is 1.52. The van der Waals surface area contributed by atoms with Crippen LogP contribution in [-0.2, 0) is 18.3 Å². The summed E-state index contributed by atoms with van der Waals surface area (Å²) >= 11 is 0. The molecule has 5 rings (SSSR count). The average Bonchev–Trinajstić information content (AvgIpc) is 3.54. The summed E-state index contributed by atoms with van der Waals surface area (Å²) < 4.78 is 1.73. The summed E-state index contributed by atoms with van der Waals surface area (Å²) in [6.45, 7) is 5.67. The van der Waals surface area contributed by atoms with Gasteiger partial charge in [0, 0.05) is 33.1 Å². The molecule has 0 saturated carbocycles. The number of carboxylic acid groups (broad SMARTS) is 1. The van der Waals surface area contributed by atoms with Crippen molar-refractivity contribution < 1.29 is 14.7 Å². The molecular formula is C28H35N5O3. The molecule has 1 saturated heterocycles. The largest absolute Gasteiger partial charge is 0.481 e. The molecule has 190 valence electrons. The molecule has 0 radical (unpaired) electrons. The van der Waals surface area contributed by atoms with E-state index in [9.17, 15) is 14.7 Å². The molecule has 36 heavy (non-hydrogen) atoms. The first-order chi connectivity index (χ1) is 17.3. The Bertz CT molecular complexity index is 1320. The molecule has 2 aliphatic rings. The van der Waals surface area contributed by atoms with E-state index in [4.69, 9.17) is 0 Å². The number of unbranched alkanes of at least 4 members (excludes halogenated alkanes) is 1. The second kappa shape index (κ2) is 9.56. The molecule has 3 atom stereocenters. The van der Waals surface area contributed by atoms with Crippen LogP contribution in [0.3, 0.4) is 0 Å². The molecule has 1 aliphatic carbocycles. The van der Waals surface area contributed by atoms with Gasteiger partial charge in [-0.2, -0.15) is 0 Å². The summed E-state index contributed by atoms with van der Waals surface area (Å²) in [5.41, 5.74) is 7.07. The second-order valence-electron chi connectivity index (χ2n) is 10.4. The van der Waals surface area contributed by atoms with Crippen LogP contribution in [-0.4, -0.2) is 62.0 Å². The van der Waals surface area contributed by atoms with Gasteiger partial charge in [-0.1, -0.05) is 42.8 Å². The van der Waals surface area contributed by atoms with Gasteiger partial charge >= 0.3 is 12.0 Å². The van der Waals surface area contributed by atoms with Crippen LogP contribution in [0.2, 0.25) is 0 Å². The van der Waals surface area contributed by atoms with Crippen LogP contribution in [0, 0.1) is 12.8 Å². The van der Waals surface area contributed by atoms with Crippen molar-refractivity contribution in [1.29, 1.82) is 0 Å². The minimum absolute atomic E-state index is 0.0120. The highest BCUT2D eigenvalue weighted by molar-refractivity contribution is 5.80. The molecule has 2 amide bonds. The molecule has 1 N–H and O–H groups in total. The number of nitrogens with zero attached hydrogens (tertiary/aromatic N) is 5. The lowest BCUT2D eigenvalue weighted by molar-refractivity contribution is -0.137. The van der Waals surface area contributed by atoms with Crippen molar-refractivity contribution in [2.24, 2.45) is 13.0 Å². The van der Waals surface area contributed by atoms with E-state index in [0.29, 0.717) is 5.92 Å². The summed E-state index contributed by atoms with van der Waals surface area (Å²) in [6.07, 6.45) is 4.01. The van der Waals surface area contributed by atoms with Gasteiger partial charge in [-0.25, -0.2) is 9.48 Å². The van der Waals surface area contributed by atoms with Crippen LogP contribution in [0.4, 0.5) is 4.79 Å². The number of fused-ring (bicyclic) bond motifs is 4. The number of benzene rings is 2. The number of amides is 2. The number of rotatable bonds is 7. The van der Waals surface area contributed by atoms with E-state index >= 15 is 0 Å². The number of hydrogen-bond donors (Lipinski definition) is 1. The molecule has 3 unspecified atom stereocenters. The van der Waals surface area contributed by atoms with Crippen molar-refractivity contribution in [2.75, 3.05) is 20.1 Å². The third-order valence-corrected chi connectivity index (χ3v) is 8.15. The van der Waals surface area contributed by atoms with E-state index in [2.05, 4.69) is 35.4 Å². The average molecular weight is 490 g/mol. The van der Waals surface area contributed by atoms with Crippen LogP contribution < -0.4 is 0 Å². The number of aliphatic carboxylic acids is 1. The summed E-state index contributed by atoms with van der Waals surface area (Å²) in [4.78, 5) is 29.2. The lowest BCUT2D eigenvalue weighted by Gasteiger charge is -2.30. The Morgan fingerprint density at radius 3 is 2.81 bits per heavy atom. The second-order valence-corrected chi connectivity index (χ2v) is 10.4. The Hall–Kier alpha value is -3.42. The fourth-order valence-electron chi connectivity index (χ4n) is 6.20. The molecule has 1 aromatic heterocycles. The van der Waals surface area contributed by atoms with Gasteiger partial charge < -0.3 is 14.9 Å². The van der Waals surface area contributed by atoms with Gasteiger partial charge in [0.1, 0.15) is 5.52 Å². The van der Waals surface area contributed by atoms with Gasteiger partial charge in [0.05, 0.1) is 18.0 Å². The SMILES string of the molecule is CCCCN(C)C(=O)N1CCC2Cc3ccc(C(CC(=O)O)c4ccc5c(nnn5C)c4C)cc3C21. The van der Waals surface area contributed by atoms with Crippen LogP contribution >= 0.6 is 0 Å². The highest BCUT2D eigenvalue weighted by Gasteiger charge is 2.44. The number of aryl methyl sites for hydroxylation is 2. The van der Waals surface area contributed by atoms with Gasteiger partial charge in [-0.15, -0.1) is 5.10 Å². The molecule has 3 aromatic rings. The molecule has 0 bridgehead atoms. The third kappa shape index (κ3) is 4.12.